The number of benzene rings is 1. The minimum atomic E-state index is -0.253. The highest BCUT2D eigenvalue weighted by molar-refractivity contribution is 5.89. The number of rotatable bonds is 2. The molecule has 0 radical (unpaired) electrons. The quantitative estimate of drug-likeness (QED) is 0.752. The number of carbonyl (C=O) groups excluding carboxylic acids is 1. The highest BCUT2D eigenvalue weighted by atomic mass is 16.5. The highest BCUT2D eigenvalue weighted by Gasteiger charge is 2.56. The summed E-state index contributed by atoms with van der Waals surface area (Å²) < 4.78 is 4.76. The van der Waals surface area contributed by atoms with Gasteiger partial charge in [0.05, 0.1) is 12.7 Å². The van der Waals surface area contributed by atoms with E-state index in [1.807, 2.05) is 12.1 Å². The Hall–Kier alpha value is -1.31. The fourth-order valence-corrected chi connectivity index (χ4v) is 4.57. The largest absolute Gasteiger partial charge is 0.465 e. The van der Waals surface area contributed by atoms with E-state index in [9.17, 15) is 4.79 Å². The summed E-state index contributed by atoms with van der Waals surface area (Å²) in [5.74, 6) is 2.86. The molecule has 0 spiro atoms. The second-order valence-corrected chi connectivity index (χ2v) is 7.18. The Bertz CT molecular complexity index is 515. The lowest BCUT2D eigenvalue weighted by Gasteiger charge is -2.62. The van der Waals surface area contributed by atoms with Gasteiger partial charge in [-0.25, -0.2) is 4.79 Å². The van der Waals surface area contributed by atoms with E-state index >= 15 is 0 Å². The molecule has 0 N–H and O–H groups in total. The average Bonchev–Trinajstić information content (AvgIpc) is 2.46. The Morgan fingerprint density at radius 3 is 2.35 bits per heavy atom. The third kappa shape index (κ3) is 1.88. The van der Waals surface area contributed by atoms with Crippen molar-refractivity contribution in [2.75, 3.05) is 7.11 Å². The molecule has 1 aromatic carbocycles. The molecule has 3 saturated carbocycles. The van der Waals surface area contributed by atoms with Crippen LogP contribution < -0.4 is 0 Å². The van der Waals surface area contributed by atoms with Gasteiger partial charge in [0.25, 0.3) is 0 Å². The number of ether oxygens (including phenoxy) is 1. The van der Waals surface area contributed by atoms with E-state index in [1.54, 1.807) is 0 Å². The molecular weight excluding hydrogens is 248 g/mol. The van der Waals surface area contributed by atoms with Gasteiger partial charge in [-0.1, -0.05) is 32.9 Å². The number of esters is 1. The summed E-state index contributed by atoms with van der Waals surface area (Å²) in [6.45, 7) is 7.26. The Labute approximate surface area is 121 Å². The van der Waals surface area contributed by atoms with Crippen molar-refractivity contribution in [2.45, 2.75) is 39.5 Å². The standard InChI is InChI=1S/C18H24O2/c1-11-15(9-14-10-16(11)18(14,2)3)12-5-7-13(8-6-12)17(19)20-4/h5-8,11,14-16H,9-10H2,1-4H3. The molecule has 0 amide bonds. The molecule has 0 heterocycles. The molecule has 108 valence electrons. The molecule has 20 heavy (non-hydrogen) atoms. The zero-order valence-electron chi connectivity index (χ0n) is 12.8. The second-order valence-electron chi connectivity index (χ2n) is 7.18. The Balaban J connectivity index is 1.79. The van der Waals surface area contributed by atoms with E-state index in [2.05, 4.69) is 32.9 Å². The van der Waals surface area contributed by atoms with E-state index < -0.39 is 0 Å². The van der Waals surface area contributed by atoms with E-state index in [4.69, 9.17) is 4.74 Å². The van der Waals surface area contributed by atoms with Crippen LogP contribution in [0.2, 0.25) is 0 Å². The van der Waals surface area contributed by atoms with E-state index in [1.165, 1.54) is 25.5 Å². The maximum atomic E-state index is 11.5. The van der Waals surface area contributed by atoms with Crippen LogP contribution in [-0.4, -0.2) is 13.1 Å². The SMILES string of the molecule is COC(=O)c1ccc(C2CC3CC(C2C)C3(C)C)cc1. The van der Waals surface area contributed by atoms with E-state index in [0.29, 0.717) is 16.9 Å². The molecule has 2 heteroatoms. The molecule has 0 aliphatic heterocycles. The van der Waals surface area contributed by atoms with Crippen molar-refractivity contribution in [1.82, 2.24) is 0 Å². The van der Waals surface area contributed by atoms with Crippen molar-refractivity contribution < 1.29 is 9.53 Å². The number of hydrogen-bond acceptors (Lipinski definition) is 2. The topological polar surface area (TPSA) is 26.3 Å². The van der Waals surface area contributed by atoms with Gasteiger partial charge in [0.1, 0.15) is 0 Å². The predicted molar refractivity (Wildman–Crippen MR) is 79.7 cm³/mol. The lowest BCUT2D eigenvalue weighted by atomic mass is 9.43. The third-order valence-electron chi connectivity index (χ3n) is 6.11. The lowest BCUT2D eigenvalue weighted by Crippen LogP contribution is -2.54. The molecular formula is C18H24O2. The minimum Gasteiger partial charge on any atom is -0.465 e. The molecule has 2 bridgehead atoms. The highest BCUT2D eigenvalue weighted by Crippen LogP contribution is 2.64. The maximum Gasteiger partial charge on any atom is 0.337 e. The molecule has 2 nitrogen and oxygen atoms in total. The summed E-state index contributed by atoms with van der Waals surface area (Å²) in [7, 11) is 1.43. The summed E-state index contributed by atoms with van der Waals surface area (Å²) in [4.78, 5) is 11.5. The second kappa shape index (κ2) is 4.61. The van der Waals surface area contributed by atoms with Crippen LogP contribution in [0.1, 0.15) is 55.5 Å². The first-order chi connectivity index (χ1) is 9.45. The minimum absolute atomic E-state index is 0.253. The Morgan fingerprint density at radius 2 is 1.85 bits per heavy atom. The number of hydrogen-bond donors (Lipinski definition) is 0. The molecule has 3 aliphatic carbocycles. The first kappa shape index (κ1) is 13.7. The molecule has 1 aromatic rings. The number of methoxy groups -OCH3 is 1. The molecule has 3 aliphatic rings. The van der Waals surface area contributed by atoms with Gasteiger partial charge in [0.2, 0.25) is 0 Å². The first-order valence-electron chi connectivity index (χ1n) is 7.63. The van der Waals surface area contributed by atoms with Crippen LogP contribution in [0.4, 0.5) is 0 Å². The fourth-order valence-electron chi connectivity index (χ4n) is 4.57. The van der Waals surface area contributed by atoms with Crippen molar-refractivity contribution in [3.8, 4) is 0 Å². The van der Waals surface area contributed by atoms with Gasteiger partial charge in [0, 0.05) is 0 Å². The van der Waals surface area contributed by atoms with Gasteiger partial charge in [-0.15, -0.1) is 0 Å². The van der Waals surface area contributed by atoms with Gasteiger partial charge in [-0.2, -0.15) is 0 Å². The van der Waals surface area contributed by atoms with Crippen LogP contribution in [0.25, 0.3) is 0 Å². The van der Waals surface area contributed by atoms with Crippen LogP contribution in [0.5, 0.6) is 0 Å². The summed E-state index contributed by atoms with van der Waals surface area (Å²) in [6.07, 6.45) is 2.70. The lowest BCUT2D eigenvalue weighted by molar-refractivity contribution is -0.110. The predicted octanol–water partition coefficient (Wildman–Crippen LogP) is 4.26. The molecule has 0 aromatic heterocycles. The van der Waals surface area contributed by atoms with Crippen LogP contribution >= 0.6 is 0 Å². The zero-order chi connectivity index (χ0) is 14.5. The summed E-state index contributed by atoms with van der Waals surface area (Å²) in [5, 5.41) is 0. The van der Waals surface area contributed by atoms with Crippen molar-refractivity contribution in [2.24, 2.45) is 23.2 Å². The van der Waals surface area contributed by atoms with Crippen molar-refractivity contribution >= 4 is 5.97 Å². The molecule has 4 unspecified atom stereocenters. The maximum absolute atomic E-state index is 11.5. The molecule has 4 atom stereocenters. The average molecular weight is 272 g/mol. The van der Waals surface area contributed by atoms with Gasteiger partial charge in [-0.05, 0) is 59.6 Å². The Kier molecular flexibility index (Phi) is 3.15. The third-order valence-corrected chi connectivity index (χ3v) is 6.11. The summed E-state index contributed by atoms with van der Waals surface area (Å²) in [5.41, 5.74) is 2.56. The van der Waals surface area contributed by atoms with Crippen LogP contribution in [0, 0.1) is 23.2 Å². The van der Waals surface area contributed by atoms with Gasteiger partial charge in [0.15, 0.2) is 0 Å². The first-order valence-corrected chi connectivity index (χ1v) is 7.63. The monoisotopic (exact) mass is 272 g/mol. The van der Waals surface area contributed by atoms with Crippen molar-refractivity contribution in [3.63, 3.8) is 0 Å². The number of carbonyl (C=O) groups is 1. The van der Waals surface area contributed by atoms with Crippen LogP contribution in [-0.2, 0) is 4.74 Å². The van der Waals surface area contributed by atoms with Gasteiger partial charge >= 0.3 is 5.97 Å². The molecule has 3 fully saturated rings. The van der Waals surface area contributed by atoms with E-state index in [0.717, 1.165) is 17.8 Å². The summed E-state index contributed by atoms with van der Waals surface area (Å²) in [6, 6.07) is 8.04. The summed E-state index contributed by atoms with van der Waals surface area (Å²) >= 11 is 0. The van der Waals surface area contributed by atoms with Gasteiger partial charge < -0.3 is 4.74 Å². The Morgan fingerprint density at radius 1 is 1.20 bits per heavy atom. The van der Waals surface area contributed by atoms with Crippen LogP contribution in [0.3, 0.4) is 0 Å². The number of fused-ring (bicyclic) bond motifs is 2. The molecule has 0 saturated heterocycles. The molecule has 4 rings (SSSR count). The van der Waals surface area contributed by atoms with Gasteiger partial charge in [-0.3, -0.25) is 0 Å². The normalized spacial score (nSPS) is 34.2. The van der Waals surface area contributed by atoms with E-state index in [-0.39, 0.29) is 5.97 Å². The fraction of sp³-hybridized carbons (Fsp3) is 0.611. The zero-order valence-corrected chi connectivity index (χ0v) is 12.8. The van der Waals surface area contributed by atoms with Crippen molar-refractivity contribution in [1.29, 1.82) is 0 Å². The smallest absolute Gasteiger partial charge is 0.337 e. The van der Waals surface area contributed by atoms with Crippen molar-refractivity contribution in [3.05, 3.63) is 35.4 Å². The van der Waals surface area contributed by atoms with Crippen LogP contribution in [0.15, 0.2) is 24.3 Å².